The molecule has 2 aromatic rings. The summed E-state index contributed by atoms with van der Waals surface area (Å²) in [7, 11) is 0. The summed E-state index contributed by atoms with van der Waals surface area (Å²) in [6.45, 7) is 4.50. The molecule has 3 heteroatoms. The Kier molecular flexibility index (Phi) is 4.46. The van der Waals surface area contributed by atoms with Crippen molar-refractivity contribution in [3.8, 4) is 5.75 Å². The quantitative estimate of drug-likeness (QED) is 0.910. The van der Waals surface area contributed by atoms with Crippen LogP contribution in [0.15, 0.2) is 42.5 Å². The van der Waals surface area contributed by atoms with Gasteiger partial charge in [0.25, 0.3) is 0 Å². The van der Waals surface area contributed by atoms with E-state index in [9.17, 15) is 5.11 Å². The highest BCUT2D eigenvalue weighted by Gasteiger charge is 2.15. The summed E-state index contributed by atoms with van der Waals surface area (Å²) < 4.78 is 5.57. The fourth-order valence-corrected chi connectivity index (χ4v) is 2.12. The molecule has 0 saturated heterocycles. The van der Waals surface area contributed by atoms with E-state index in [0.29, 0.717) is 11.6 Å². The predicted molar refractivity (Wildman–Crippen MR) is 77.9 cm³/mol. The third-order valence-electron chi connectivity index (χ3n) is 2.95. The van der Waals surface area contributed by atoms with E-state index < -0.39 is 6.10 Å². The number of ether oxygens (including phenoxy) is 1. The Morgan fingerprint density at radius 1 is 1.16 bits per heavy atom. The van der Waals surface area contributed by atoms with Gasteiger partial charge in [0.15, 0.2) is 0 Å². The summed E-state index contributed by atoms with van der Waals surface area (Å²) in [5, 5.41) is 11.1. The number of hydrogen-bond acceptors (Lipinski definition) is 2. The maximum absolute atomic E-state index is 10.5. The van der Waals surface area contributed by atoms with Gasteiger partial charge in [0, 0.05) is 10.6 Å². The molecule has 0 aliphatic heterocycles. The zero-order chi connectivity index (χ0) is 13.8. The van der Waals surface area contributed by atoms with Gasteiger partial charge in [-0.15, -0.1) is 0 Å². The van der Waals surface area contributed by atoms with Crippen molar-refractivity contribution in [3.63, 3.8) is 0 Å². The van der Waals surface area contributed by atoms with Crippen LogP contribution in [0.5, 0.6) is 5.75 Å². The van der Waals surface area contributed by atoms with Crippen LogP contribution in [0.2, 0.25) is 5.02 Å². The molecule has 0 amide bonds. The van der Waals surface area contributed by atoms with Crippen molar-refractivity contribution in [1.82, 2.24) is 0 Å². The van der Waals surface area contributed by atoms with E-state index in [4.69, 9.17) is 16.3 Å². The fraction of sp³-hybridized carbons (Fsp3) is 0.250. The van der Waals surface area contributed by atoms with Crippen LogP contribution in [0.3, 0.4) is 0 Å². The lowest BCUT2D eigenvalue weighted by atomic mass is 9.99. The van der Waals surface area contributed by atoms with Gasteiger partial charge in [-0.1, -0.05) is 35.4 Å². The summed E-state index contributed by atoms with van der Waals surface area (Å²) in [4.78, 5) is 0. The van der Waals surface area contributed by atoms with Crippen molar-refractivity contribution in [1.29, 1.82) is 0 Å². The van der Waals surface area contributed by atoms with Crippen molar-refractivity contribution in [2.75, 3.05) is 6.61 Å². The third kappa shape index (κ3) is 3.28. The predicted octanol–water partition coefficient (Wildman–Crippen LogP) is 4.13. The summed E-state index contributed by atoms with van der Waals surface area (Å²) >= 11 is 5.86. The van der Waals surface area contributed by atoms with Crippen molar-refractivity contribution >= 4 is 11.6 Å². The number of rotatable bonds is 4. The molecular weight excluding hydrogens is 260 g/mol. The lowest BCUT2D eigenvalue weighted by molar-refractivity contribution is 0.212. The molecule has 0 radical (unpaired) electrons. The minimum Gasteiger partial charge on any atom is -0.493 e. The van der Waals surface area contributed by atoms with Crippen LogP contribution >= 0.6 is 11.6 Å². The second-order valence-electron chi connectivity index (χ2n) is 4.43. The number of benzene rings is 2. The molecule has 2 aromatic carbocycles. The van der Waals surface area contributed by atoms with Gasteiger partial charge < -0.3 is 9.84 Å². The van der Waals surface area contributed by atoms with Gasteiger partial charge in [-0.25, -0.2) is 0 Å². The molecule has 0 saturated carbocycles. The monoisotopic (exact) mass is 276 g/mol. The molecule has 1 N–H and O–H groups in total. The first-order valence-electron chi connectivity index (χ1n) is 6.28. The van der Waals surface area contributed by atoms with Crippen LogP contribution < -0.4 is 4.74 Å². The first-order chi connectivity index (χ1) is 9.11. The van der Waals surface area contributed by atoms with Crippen molar-refractivity contribution < 1.29 is 9.84 Å². The number of aliphatic hydroxyl groups is 1. The molecule has 0 aromatic heterocycles. The third-order valence-corrected chi connectivity index (χ3v) is 3.20. The number of halogens is 1. The van der Waals surface area contributed by atoms with Gasteiger partial charge in [-0.2, -0.15) is 0 Å². The fourth-order valence-electron chi connectivity index (χ4n) is 1.99. The first-order valence-corrected chi connectivity index (χ1v) is 6.66. The molecule has 0 heterocycles. The Hall–Kier alpha value is -1.51. The molecule has 1 unspecified atom stereocenters. The molecule has 0 fully saturated rings. The Balaban J connectivity index is 2.39. The molecule has 0 spiro atoms. The lowest BCUT2D eigenvalue weighted by Gasteiger charge is -2.17. The maximum Gasteiger partial charge on any atom is 0.125 e. The van der Waals surface area contributed by atoms with Gasteiger partial charge in [-0.3, -0.25) is 0 Å². The summed E-state index contributed by atoms with van der Waals surface area (Å²) in [5.74, 6) is 0.718. The normalized spacial score (nSPS) is 12.2. The molecule has 0 aliphatic rings. The zero-order valence-corrected chi connectivity index (χ0v) is 11.8. The van der Waals surface area contributed by atoms with E-state index in [2.05, 4.69) is 0 Å². The summed E-state index contributed by atoms with van der Waals surface area (Å²) in [6, 6.07) is 13.0. The van der Waals surface area contributed by atoms with Gasteiger partial charge in [0.2, 0.25) is 0 Å². The number of aryl methyl sites for hydroxylation is 1. The van der Waals surface area contributed by atoms with Crippen LogP contribution in [0.1, 0.15) is 29.7 Å². The van der Waals surface area contributed by atoms with Crippen LogP contribution in [0.4, 0.5) is 0 Å². The Labute approximate surface area is 118 Å². The van der Waals surface area contributed by atoms with Crippen LogP contribution in [-0.2, 0) is 0 Å². The Bertz CT molecular complexity index is 549. The zero-order valence-electron chi connectivity index (χ0n) is 11.1. The van der Waals surface area contributed by atoms with Crippen molar-refractivity contribution in [3.05, 3.63) is 64.2 Å². The molecular formula is C16H17ClO2. The van der Waals surface area contributed by atoms with Crippen molar-refractivity contribution in [2.45, 2.75) is 20.0 Å². The van der Waals surface area contributed by atoms with Crippen LogP contribution in [0, 0.1) is 6.92 Å². The van der Waals surface area contributed by atoms with Crippen LogP contribution in [-0.4, -0.2) is 11.7 Å². The van der Waals surface area contributed by atoms with E-state index in [1.165, 1.54) is 0 Å². The van der Waals surface area contributed by atoms with Gasteiger partial charge in [0.05, 0.1) is 6.61 Å². The number of aliphatic hydroxyl groups excluding tert-OH is 1. The second-order valence-corrected chi connectivity index (χ2v) is 4.86. The second kappa shape index (κ2) is 6.09. The molecule has 1 atom stereocenters. The maximum atomic E-state index is 10.5. The standard InChI is InChI=1S/C16H17ClO2/c1-3-19-15-9-4-11(2)10-14(15)16(18)12-5-7-13(17)8-6-12/h4-10,16,18H,3H2,1-2H3. The highest BCUT2D eigenvalue weighted by atomic mass is 35.5. The van der Waals surface area contributed by atoms with E-state index >= 15 is 0 Å². The Morgan fingerprint density at radius 2 is 1.84 bits per heavy atom. The van der Waals surface area contributed by atoms with E-state index in [1.54, 1.807) is 12.1 Å². The smallest absolute Gasteiger partial charge is 0.125 e. The molecule has 0 bridgehead atoms. The molecule has 19 heavy (non-hydrogen) atoms. The topological polar surface area (TPSA) is 29.5 Å². The van der Waals surface area contributed by atoms with Gasteiger partial charge >= 0.3 is 0 Å². The minimum atomic E-state index is -0.710. The van der Waals surface area contributed by atoms with Crippen LogP contribution in [0.25, 0.3) is 0 Å². The van der Waals surface area contributed by atoms with Crippen molar-refractivity contribution in [2.24, 2.45) is 0 Å². The van der Waals surface area contributed by atoms with Gasteiger partial charge in [0.1, 0.15) is 11.9 Å². The molecule has 100 valence electrons. The molecule has 0 aliphatic carbocycles. The number of hydrogen-bond donors (Lipinski definition) is 1. The largest absolute Gasteiger partial charge is 0.493 e. The SMILES string of the molecule is CCOc1ccc(C)cc1C(O)c1ccc(Cl)cc1. The molecule has 2 rings (SSSR count). The van der Waals surface area contributed by atoms with Gasteiger partial charge in [-0.05, 0) is 43.7 Å². The average Bonchev–Trinajstić information content (AvgIpc) is 2.41. The van der Waals surface area contributed by atoms with E-state index in [0.717, 1.165) is 22.4 Å². The van der Waals surface area contributed by atoms with E-state index in [1.807, 2.05) is 44.2 Å². The highest BCUT2D eigenvalue weighted by Crippen LogP contribution is 2.31. The van der Waals surface area contributed by atoms with E-state index in [-0.39, 0.29) is 0 Å². The Morgan fingerprint density at radius 3 is 2.47 bits per heavy atom. The lowest BCUT2D eigenvalue weighted by Crippen LogP contribution is -2.04. The summed E-state index contributed by atoms with van der Waals surface area (Å²) in [5.41, 5.74) is 2.67. The average molecular weight is 277 g/mol. The summed E-state index contributed by atoms with van der Waals surface area (Å²) in [6.07, 6.45) is -0.710. The first kappa shape index (κ1) is 13.9. The minimum absolute atomic E-state index is 0.573. The highest BCUT2D eigenvalue weighted by molar-refractivity contribution is 6.30. The molecule has 2 nitrogen and oxygen atoms in total.